The van der Waals surface area contributed by atoms with Gasteiger partial charge in [-0.1, -0.05) is 15.9 Å². The Morgan fingerprint density at radius 3 is 2.92 bits per heavy atom. The molecule has 1 heterocycles. The Kier molecular flexibility index (Phi) is 1.61. The fourth-order valence-electron chi connectivity index (χ4n) is 1.20. The molecule has 1 aromatic rings. The van der Waals surface area contributed by atoms with E-state index < -0.39 is 6.11 Å². The zero-order chi connectivity index (χ0) is 8.77. The van der Waals surface area contributed by atoms with Gasteiger partial charge in [-0.15, -0.1) is 0 Å². The number of hydrogen-bond acceptors (Lipinski definition) is 1. The summed E-state index contributed by atoms with van der Waals surface area (Å²) in [5.74, 6) is 0.281. The molecule has 0 aromatic heterocycles. The predicted octanol–water partition coefficient (Wildman–Crippen LogP) is 2.98. The molecule has 64 valence electrons. The molecule has 0 aliphatic carbocycles. The SMILES string of the molecule is FC1(F)Cc2cc(Br)ccc2O1. The number of halogens is 3. The monoisotopic (exact) mass is 234 g/mol. The normalized spacial score (nSPS) is 18.6. The van der Waals surface area contributed by atoms with Crippen molar-refractivity contribution in [3.8, 4) is 5.75 Å². The summed E-state index contributed by atoms with van der Waals surface area (Å²) in [4.78, 5) is 0. The summed E-state index contributed by atoms with van der Waals surface area (Å²) in [7, 11) is 0. The third kappa shape index (κ3) is 1.31. The molecular weight excluding hydrogens is 230 g/mol. The lowest BCUT2D eigenvalue weighted by molar-refractivity contribution is -0.159. The third-order valence-electron chi connectivity index (χ3n) is 1.68. The molecule has 0 saturated heterocycles. The van der Waals surface area contributed by atoms with Crippen molar-refractivity contribution in [3.63, 3.8) is 0 Å². The van der Waals surface area contributed by atoms with Gasteiger partial charge in [0, 0.05) is 10.0 Å². The molecule has 0 saturated carbocycles. The third-order valence-corrected chi connectivity index (χ3v) is 2.17. The minimum Gasteiger partial charge on any atom is -0.432 e. The van der Waals surface area contributed by atoms with Crippen molar-refractivity contribution in [1.29, 1.82) is 0 Å². The molecule has 0 bridgehead atoms. The standard InChI is InChI=1S/C8H5BrF2O/c9-6-1-2-7-5(3-6)4-8(10,11)12-7/h1-3H,4H2. The van der Waals surface area contributed by atoms with Gasteiger partial charge in [-0.2, -0.15) is 8.78 Å². The fourth-order valence-corrected chi connectivity index (χ4v) is 1.61. The molecular formula is C8H5BrF2O. The summed E-state index contributed by atoms with van der Waals surface area (Å²) in [6.07, 6.45) is -3.36. The van der Waals surface area contributed by atoms with Crippen LogP contribution < -0.4 is 4.74 Å². The van der Waals surface area contributed by atoms with Crippen molar-refractivity contribution in [1.82, 2.24) is 0 Å². The lowest BCUT2D eigenvalue weighted by atomic mass is 10.2. The van der Waals surface area contributed by atoms with Crippen LogP contribution in [0.4, 0.5) is 8.78 Å². The molecule has 4 heteroatoms. The van der Waals surface area contributed by atoms with Gasteiger partial charge in [-0.3, -0.25) is 0 Å². The van der Waals surface area contributed by atoms with Gasteiger partial charge in [0.1, 0.15) is 5.75 Å². The van der Waals surface area contributed by atoms with Crippen molar-refractivity contribution in [2.24, 2.45) is 0 Å². The Balaban J connectivity index is 2.43. The van der Waals surface area contributed by atoms with Crippen LogP contribution in [-0.2, 0) is 6.42 Å². The van der Waals surface area contributed by atoms with Gasteiger partial charge in [0.15, 0.2) is 0 Å². The smallest absolute Gasteiger partial charge is 0.402 e. The zero-order valence-corrected chi connectivity index (χ0v) is 7.57. The predicted molar refractivity (Wildman–Crippen MR) is 43.4 cm³/mol. The second kappa shape index (κ2) is 2.42. The number of hydrogen-bond donors (Lipinski definition) is 0. The molecule has 0 radical (unpaired) electrons. The summed E-state index contributed by atoms with van der Waals surface area (Å²) in [5, 5.41) is 0. The second-order valence-electron chi connectivity index (χ2n) is 2.67. The van der Waals surface area contributed by atoms with E-state index in [1.54, 1.807) is 18.2 Å². The molecule has 12 heavy (non-hydrogen) atoms. The minimum atomic E-state index is -3.02. The van der Waals surface area contributed by atoms with Crippen LogP contribution in [0.1, 0.15) is 5.56 Å². The van der Waals surface area contributed by atoms with E-state index in [1.807, 2.05) is 0 Å². The molecule has 1 aliphatic heterocycles. The minimum absolute atomic E-state index is 0.281. The van der Waals surface area contributed by atoms with E-state index in [2.05, 4.69) is 20.7 Å². The van der Waals surface area contributed by atoms with Gasteiger partial charge in [0.25, 0.3) is 0 Å². The molecule has 0 amide bonds. The van der Waals surface area contributed by atoms with Crippen LogP contribution in [-0.4, -0.2) is 6.11 Å². The Morgan fingerprint density at radius 1 is 1.42 bits per heavy atom. The molecule has 0 spiro atoms. The van der Waals surface area contributed by atoms with Crippen LogP contribution in [0, 0.1) is 0 Å². The van der Waals surface area contributed by atoms with Crippen molar-refractivity contribution >= 4 is 15.9 Å². The summed E-state index contributed by atoms with van der Waals surface area (Å²) in [6, 6.07) is 4.87. The van der Waals surface area contributed by atoms with Crippen molar-refractivity contribution in [3.05, 3.63) is 28.2 Å². The number of alkyl halides is 2. The molecule has 1 nitrogen and oxygen atoms in total. The van der Waals surface area contributed by atoms with Gasteiger partial charge >= 0.3 is 6.11 Å². The first kappa shape index (κ1) is 7.98. The second-order valence-corrected chi connectivity index (χ2v) is 3.58. The molecule has 0 atom stereocenters. The van der Waals surface area contributed by atoms with E-state index >= 15 is 0 Å². The maximum absolute atomic E-state index is 12.6. The highest BCUT2D eigenvalue weighted by atomic mass is 79.9. The van der Waals surface area contributed by atoms with E-state index in [4.69, 9.17) is 0 Å². The van der Waals surface area contributed by atoms with Crippen molar-refractivity contribution in [2.45, 2.75) is 12.5 Å². The van der Waals surface area contributed by atoms with Crippen LogP contribution in [0.15, 0.2) is 22.7 Å². The molecule has 2 rings (SSSR count). The number of fused-ring (bicyclic) bond motifs is 1. The first-order valence-corrected chi connectivity index (χ1v) is 4.21. The van der Waals surface area contributed by atoms with Gasteiger partial charge in [0.05, 0.1) is 6.42 Å². The van der Waals surface area contributed by atoms with Gasteiger partial charge < -0.3 is 4.74 Å². The summed E-state index contributed by atoms with van der Waals surface area (Å²) in [6.45, 7) is 0. The lowest BCUT2D eigenvalue weighted by Crippen LogP contribution is -2.20. The topological polar surface area (TPSA) is 9.23 Å². The summed E-state index contributed by atoms with van der Waals surface area (Å²) < 4.78 is 30.5. The molecule has 0 unspecified atom stereocenters. The number of ether oxygens (including phenoxy) is 1. The number of benzene rings is 1. The van der Waals surface area contributed by atoms with Gasteiger partial charge in [-0.05, 0) is 18.2 Å². The highest BCUT2D eigenvalue weighted by molar-refractivity contribution is 9.10. The summed E-state index contributed by atoms with van der Waals surface area (Å²) in [5.41, 5.74) is 0.550. The van der Waals surface area contributed by atoms with E-state index in [0.29, 0.717) is 5.56 Å². The quantitative estimate of drug-likeness (QED) is 0.671. The average Bonchev–Trinajstić information content (AvgIpc) is 2.21. The first-order valence-electron chi connectivity index (χ1n) is 3.42. The molecule has 1 aromatic carbocycles. The maximum Gasteiger partial charge on any atom is 0.402 e. The Bertz CT molecular complexity index is 325. The van der Waals surface area contributed by atoms with Crippen LogP contribution >= 0.6 is 15.9 Å². The largest absolute Gasteiger partial charge is 0.432 e. The Labute approximate surface area is 76.5 Å². The van der Waals surface area contributed by atoms with Crippen LogP contribution in [0.3, 0.4) is 0 Å². The van der Waals surface area contributed by atoms with Crippen molar-refractivity contribution < 1.29 is 13.5 Å². The van der Waals surface area contributed by atoms with Crippen LogP contribution in [0.2, 0.25) is 0 Å². The Morgan fingerprint density at radius 2 is 2.17 bits per heavy atom. The van der Waals surface area contributed by atoms with E-state index in [0.717, 1.165) is 4.47 Å². The Hall–Kier alpha value is -0.640. The lowest BCUT2D eigenvalue weighted by Gasteiger charge is -2.06. The van der Waals surface area contributed by atoms with E-state index in [9.17, 15) is 8.78 Å². The molecule has 0 N–H and O–H groups in total. The van der Waals surface area contributed by atoms with Gasteiger partial charge in [0.2, 0.25) is 0 Å². The fraction of sp³-hybridized carbons (Fsp3) is 0.250. The molecule has 1 aliphatic rings. The zero-order valence-electron chi connectivity index (χ0n) is 5.98. The number of rotatable bonds is 0. The van der Waals surface area contributed by atoms with E-state index in [-0.39, 0.29) is 12.2 Å². The summed E-state index contributed by atoms with van der Waals surface area (Å²) >= 11 is 3.20. The first-order chi connectivity index (χ1) is 5.57. The van der Waals surface area contributed by atoms with Crippen LogP contribution in [0.25, 0.3) is 0 Å². The maximum atomic E-state index is 12.6. The van der Waals surface area contributed by atoms with E-state index in [1.165, 1.54) is 0 Å². The van der Waals surface area contributed by atoms with Crippen molar-refractivity contribution in [2.75, 3.05) is 0 Å². The average molecular weight is 235 g/mol. The van der Waals surface area contributed by atoms with Gasteiger partial charge in [-0.25, -0.2) is 0 Å². The van der Waals surface area contributed by atoms with Crippen LogP contribution in [0.5, 0.6) is 5.75 Å². The molecule has 0 fully saturated rings. The highest BCUT2D eigenvalue weighted by Gasteiger charge is 2.39. The highest BCUT2D eigenvalue weighted by Crippen LogP contribution is 2.38.